The van der Waals surface area contributed by atoms with E-state index in [1.165, 1.54) is 0 Å². The van der Waals surface area contributed by atoms with E-state index in [1.807, 2.05) is 56.3 Å². The van der Waals surface area contributed by atoms with Crippen LogP contribution in [-0.4, -0.2) is 32.3 Å². The number of ether oxygens (including phenoxy) is 3. The second-order valence-corrected chi connectivity index (χ2v) is 6.17. The van der Waals surface area contributed by atoms with E-state index in [4.69, 9.17) is 14.2 Å². The topological polar surface area (TPSA) is 56.8 Å². The van der Waals surface area contributed by atoms with Gasteiger partial charge in [0, 0.05) is 0 Å². The molecule has 0 aliphatic rings. The highest BCUT2D eigenvalue weighted by Gasteiger charge is 2.13. The molecule has 2 aromatic carbocycles. The monoisotopic (exact) mass is 357 g/mol. The number of aryl methyl sites for hydroxylation is 2. The first-order valence-corrected chi connectivity index (χ1v) is 8.72. The molecule has 0 aliphatic heterocycles. The molecule has 1 amide bonds. The largest absolute Gasteiger partial charge is 0.497 e. The highest BCUT2D eigenvalue weighted by Crippen LogP contribution is 2.21. The minimum atomic E-state index is -0.540. The molecule has 2 aromatic rings. The summed E-state index contributed by atoms with van der Waals surface area (Å²) in [4.78, 5) is 12.1. The van der Waals surface area contributed by atoms with E-state index in [2.05, 4.69) is 5.32 Å². The highest BCUT2D eigenvalue weighted by molar-refractivity contribution is 5.80. The van der Waals surface area contributed by atoms with Crippen LogP contribution in [-0.2, 0) is 16.1 Å². The van der Waals surface area contributed by atoms with Gasteiger partial charge in [-0.25, -0.2) is 0 Å². The molecule has 1 atom stereocenters. The molecule has 0 saturated heterocycles. The number of methoxy groups -OCH3 is 1. The van der Waals surface area contributed by atoms with E-state index in [0.29, 0.717) is 19.8 Å². The van der Waals surface area contributed by atoms with Crippen molar-refractivity contribution < 1.29 is 19.0 Å². The number of amides is 1. The number of para-hydroxylation sites is 1. The van der Waals surface area contributed by atoms with Crippen molar-refractivity contribution in [3.05, 3.63) is 59.2 Å². The van der Waals surface area contributed by atoms with Crippen LogP contribution in [0.1, 0.15) is 23.6 Å². The third kappa shape index (κ3) is 5.77. The van der Waals surface area contributed by atoms with E-state index in [9.17, 15) is 4.79 Å². The summed E-state index contributed by atoms with van der Waals surface area (Å²) in [5, 5.41) is 2.84. The summed E-state index contributed by atoms with van der Waals surface area (Å²) in [5.74, 6) is 1.49. The van der Waals surface area contributed by atoms with Gasteiger partial charge in [-0.05, 0) is 49.6 Å². The molecule has 0 bridgehead atoms. The van der Waals surface area contributed by atoms with Crippen molar-refractivity contribution in [3.8, 4) is 11.5 Å². The van der Waals surface area contributed by atoms with E-state index >= 15 is 0 Å². The van der Waals surface area contributed by atoms with Crippen molar-refractivity contribution in [2.75, 3.05) is 20.3 Å². The molecule has 5 nitrogen and oxygen atoms in total. The normalized spacial score (nSPS) is 11.7. The molecule has 0 fully saturated rings. The van der Waals surface area contributed by atoms with E-state index in [1.54, 1.807) is 14.0 Å². The van der Waals surface area contributed by atoms with Crippen LogP contribution in [0.3, 0.4) is 0 Å². The number of benzene rings is 2. The van der Waals surface area contributed by atoms with Gasteiger partial charge < -0.3 is 19.5 Å². The lowest BCUT2D eigenvalue weighted by atomic mass is 10.1. The SMILES string of the molecule is COc1cccc(COC(C)C(=O)NCCOc2c(C)cccc2C)c1. The molecule has 0 saturated carbocycles. The van der Waals surface area contributed by atoms with Crippen LogP contribution in [0.15, 0.2) is 42.5 Å². The van der Waals surface area contributed by atoms with Crippen LogP contribution in [0.5, 0.6) is 11.5 Å². The lowest BCUT2D eigenvalue weighted by Gasteiger charge is -2.15. The summed E-state index contributed by atoms with van der Waals surface area (Å²) in [6.07, 6.45) is -0.540. The lowest BCUT2D eigenvalue weighted by molar-refractivity contribution is -0.132. The molecule has 1 N–H and O–H groups in total. The van der Waals surface area contributed by atoms with E-state index in [-0.39, 0.29) is 5.91 Å². The lowest BCUT2D eigenvalue weighted by Crippen LogP contribution is -2.36. The van der Waals surface area contributed by atoms with Gasteiger partial charge in [0.2, 0.25) is 5.91 Å². The average molecular weight is 357 g/mol. The third-order valence-electron chi connectivity index (χ3n) is 4.06. The van der Waals surface area contributed by atoms with Crippen molar-refractivity contribution in [1.82, 2.24) is 5.32 Å². The summed E-state index contributed by atoms with van der Waals surface area (Å²) in [6.45, 7) is 6.96. The fourth-order valence-electron chi connectivity index (χ4n) is 2.56. The van der Waals surface area contributed by atoms with Gasteiger partial charge in [0.1, 0.15) is 24.2 Å². The molecule has 0 radical (unpaired) electrons. The Morgan fingerprint density at radius 1 is 1.12 bits per heavy atom. The molecule has 0 aliphatic carbocycles. The summed E-state index contributed by atoms with van der Waals surface area (Å²) in [7, 11) is 1.62. The highest BCUT2D eigenvalue weighted by atomic mass is 16.5. The zero-order valence-corrected chi connectivity index (χ0v) is 15.9. The maximum atomic E-state index is 12.1. The van der Waals surface area contributed by atoms with Crippen LogP contribution in [0, 0.1) is 13.8 Å². The molecule has 0 aromatic heterocycles. The van der Waals surface area contributed by atoms with Gasteiger partial charge in [0.25, 0.3) is 0 Å². The quantitative estimate of drug-likeness (QED) is 0.699. The minimum Gasteiger partial charge on any atom is -0.497 e. The smallest absolute Gasteiger partial charge is 0.248 e. The zero-order valence-electron chi connectivity index (χ0n) is 15.9. The van der Waals surface area contributed by atoms with Crippen LogP contribution in [0.4, 0.5) is 0 Å². The molecule has 2 rings (SSSR count). The number of carbonyl (C=O) groups is 1. The summed E-state index contributed by atoms with van der Waals surface area (Å²) in [6, 6.07) is 13.6. The second kappa shape index (κ2) is 9.82. The Morgan fingerprint density at radius 2 is 1.81 bits per heavy atom. The zero-order chi connectivity index (χ0) is 18.9. The van der Waals surface area contributed by atoms with Crippen LogP contribution in [0.25, 0.3) is 0 Å². The van der Waals surface area contributed by atoms with Crippen molar-refractivity contribution >= 4 is 5.91 Å². The third-order valence-corrected chi connectivity index (χ3v) is 4.06. The van der Waals surface area contributed by atoms with E-state index < -0.39 is 6.10 Å². The number of carbonyl (C=O) groups excluding carboxylic acids is 1. The molecule has 26 heavy (non-hydrogen) atoms. The van der Waals surface area contributed by atoms with Crippen molar-refractivity contribution in [2.24, 2.45) is 0 Å². The first kappa shape index (κ1) is 19.8. The Labute approximate surface area is 155 Å². The average Bonchev–Trinajstić information content (AvgIpc) is 2.65. The Kier molecular flexibility index (Phi) is 7.48. The van der Waals surface area contributed by atoms with E-state index in [0.717, 1.165) is 28.2 Å². The Bertz CT molecular complexity index is 709. The maximum absolute atomic E-state index is 12.1. The fraction of sp³-hybridized carbons (Fsp3) is 0.381. The molecule has 0 spiro atoms. The van der Waals surface area contributed by atoms with Gasteiger partial charge in [-0.1, -0.05) is 30.3 Å². The van der Waals surface area contributed by atoms with Gasteiger partial charge in [0.05, 0.1) is 20.3 Å². The van der Waals surface area contributed by atoms with Crippen LogP contribution in [0.2, 0.25) is 0 Å². The van der Waals surface area contributed by atoms with Crippen molar-refractivity contribution in [3.63, 3.8) is 0 Å². The predicted octanol–water partition coefficient (Wildman–Crippen LogP) is 3.41. The number of nitrogens with one attached hydrogen (secondary N) is 1. The van der Waals surface area contributed by atoms with Crippen molar-refractivity contribution in [1.29, 1.82) is 0 Å². The predicted molar refractivity (Wildman–Crippen MR) is 102 cm³/mol. The van der Waals surface area contributed by atoms with Gasteiger partial charge in [-0.2, -0.15) is 0 Å². The summed E-state index contributed by atoms with van der Waals surface area (Å²) in [5.41, 5.74) is 3.14. The van der Waals surface area contributed by atoms with Gasteiger partial charge in [-0.15, -0.1) is 0 Å². The number of rotatable bonds is 9. The first-order chi connectivity index (χ1) is 12.5. The minimum absolute atomic E-state index is 0.155. The van der Waals surface area contributed by atoms with Gasteiger partial charge in [0.15, 0.2) is 0 Å². The fourth-order valence-corrected chi connectivity index (χ4v) is 2.56. The van der Waals surface area contributed by atoms with Crippen LogP contribution >= 0.6 is 0 Å². The second-order valence-electron chi connectivity index (χ2n) is 6.17. The van der Waals surface area contributed by atoms with Crippen molar-refractivity contribution in [2.45, 2.75) is 33.5 Å². The first-order valence-electron chi connectivity index (χ1n) is 8.72. The number of hydrogen-bond donors (Lipinski definition) is 1. The molecular weight excluding hydrogens is 330 g/mol. The van der Waals surface area contributed by atoms with Gasteiger partial charge >= 0.3 is 0 Å². The summed E-state index contributed by atoms with van der Waals surface area (Å²) < 4.78 is 16.6. The van der Waals surface area contributed by atoms with Crippen LogP contribution < -0.4 is 14.8 Å². The standard InChI is InChI=1S/C21H27NO4/c1-15-7-5-8-16(2)20(15)25-12-11-22-21(23)17(3)26-14-18-9-6-10-19(13-18)24-4/h5-10,13,17H,11-12,14H2,1-4H3,(H,22,23). The summed E-state index contributed by atoms with van der Waals surface area (Å²) >= 11 is 0. The Balaban J connectivity index is 1.71. The molecule has 1 unspecified atom stereocenters. The Morgan fingerprint density at radius 3 is 2.50 bits per heavy atom. The van der Waals surface area contributed by atoms with Gasteiger partial charge in [-0.3, -0.25) is 4.79 Å². The Hall–Kier alpha value is -2.53. The molecule has 0 heterocycles. The molecule has 5 heteroatoms. The molecule has 140 valence electrons. The maximum Gasteiger partial charge on any atom is 0.248 e. The number of hydrogen-bond acceptors (Lipinski definition) is 4. The molecular formula is C21H27NO4.